The lowest BCUT2D eigenvalue weighted by molar-refractivity contribution is -0.146. The fraction of sp³-hybridized carbons (Fsp3) is 0.273. The monoisotopic (exact) mass is 223 g/mol. The standard InChI is InChI=1S/C11H13NO4/c1-2-9(13)8-5-6(12)3-4-7(8)10(14)11(15)16/h3-5,10,14H,2,12H2,1H3,(H,15,16). The number of rotatable bonds is 4. The summed E-state index contributed by atoms with van der Waals surface area (Å²) in [6.45, 7) is 1.66. The second kappa shape index (κ2) is 4.76. The highest BCUT2D eigenvalue weighted by Crippen LogP contribution is 2.22. The fourth-order valence-electron chi connectivity index (χ4n) is 1.38. The highest BCUT2D eigenvalue weighted by Gasteiger charge is 2.22. The second-order valence-corrected chi connectivity index (χ2v) is 3.36. The van der Waals surface area contributed by atoms with Crippen LogP contribution in [0.25, 0.3) is 0 Å². The first-order chi connectivity index (χ1) is 7.47. The van der Waals surface area contributed by atoms with Gasteiger partial charge in [0.25, 0.3) is 0 Å². The zero-order valence-corrected chi connectivity index (χ0v) is 8.80. The number of carbonyl (C=O) groups is 2. The van der Waals surface area contributed by atoms with E-state index in [-0.39, 0.29) is 23.3 Å². The van der Waals surface area contributed by atoms with Gasteiger partial charge in [0.05, 0.1) is 0 Å². The molecule has 0 heterocycles. The maximum atomic E-state index is 11.6. The zero-order valence-electron chi connectivity index (χ0n) is 8.80. The molecule has 1 atom stereocenters. The summed E-state index contributed by atoms with van der Waals surface area (Å²) in [5.74, 6) is -1.64. The zero-order chi connectivity index (χ0) is 12.3. The van der Waals surface area contributed by atoms with Gasteiger partial charge in [-0.15, -0.1) is 0 Å². The van der Waals surface area contributed by atoms with Crippen LogP contribution in [0.4, 0.5) is 5.69 Å². The summed E-state index contributed by atoms with van der Waals surface area (Å²) in [5.41, 5.74) is 6.12. The number of aliphatic carboxylic acids is 1. The first-order valence-electron chi connectivity index (χ1n) is 4.80. The Hall–Kier alpha value is -1.88. The van der Waals surface area contributed by atoms with E-state index < -0.39 is 12.1 Å². The van der Waals surface area contributed by atoms with Gasteiger partial charge in [0.2, 0.25) is 0 Å². The third-order valence-electron chi connectivity index (χ3n) is 2.23. The van der Waals surface area contributed by atoms with Crippen LogP contribution in [0.3, 0.4) is 0 Å². The molecule has 86 valence electrons. The number of Topliss-reactive ketones (excluding diaryl/α,β-unsaturated/α-hetero) is 1. The van der Waals surface area contributed by atoms with E-state index in [4.69, 9.17) is 10.8 Å². The smallest absolute Gasteiger partial charge is 0.337 e. The molecule has 0 spiro atoms. The van der Waals surface area contributed by atoms with Crippen LogP contribution in [0.15, 0.2) is 18.2 Å². The van der Waals surface area contributed by atoms with Crippen LogP contribution < -0.4 is 5.73 Å². The number of benzene rings is 1. The lowest BCUT2D eigenvalue weighted by Gasteiger charge is -2.11. The topological polar surface area (TPSA) is 101 Å². The van der Waals surface area contributed by atoms with Crippen molar-refractivity contribution in [3.63, 3.8) is 0 Å². The SMILES string of the molecule is CCC(=O)c1cc(N)ccc1C(O)C(=O)O. The quantitative estimate of drug-likeness (QED) is 0.521. The third-order valence-corrected chi connectivity index (χ3v) is 2.23. The van der Waals surface area contributed by atoms with Gasteiger partial charge in [0, 0.05) is 23.2 Å². The Balaban J connectivity index is 3.27. The van der Waals surface area contributed by atoms with Gasteiger partial charge in [-0.3, -0.25) is 4.79 Å². The van der Waals surface area contributed by atoms with Gasteiger partial charge in [-0.05, 0) is 12.1 Å². The van der Waals surface area contributed by atoms with Gasteiger partial charge in [-0.1, -0.05) is 13.0 Å². The van der Waals surface area contributed by atoms with E-state index in [0.29, 0.717) is 5.69 Å². The number of nitrogens with two attached hydrogens (primary N) is 1. The largest absolute Gasteiger partial charge is 0.479 e. The minimum Gasteiger partial charge on any atom is -0.479 e. The molecule has 1 aromatic rings. The van der Waals surface area contributed by atoms with Crippen molar-refractivity contribution in [1.82, 2.24) is 0 Å². The average Bonchev–Trinajstić information content (AvgIpc) is 2.26. The molecule has 1 unspecified atom stereocenters. The lowest BCUT2D eigenvalue weighted by atomic mass is 9.97. The van der Waals surface area contributed by atoms with Gasteiger partial charge in [-0.2, -0.15) is 0 Å². The molecule has 16 heavy (non-hydrogen) atoms. The molecule has 0 saturated heterocycles. The highest BCUT2D eigenvalue weighted by molar-refractivity contribution is 5.99. The number of hydrogen-bond donors (Lipinski definition) is 3. The average molecular weight is 223 g/mol. The van der Waals surface area contributed by atoms with Crippen molar-refractivity contribution >= 4 is 17.4 Å². The number of aliphatic hydroxyl groups excluding tert-OH is 1. The number of hydrogen-bond acceptors (Lipinski definition) is 4. The molecule has 0 aliphatic carbocycles. The van der Waals surface area contributed by atoms with Crippen LogP contribution in [0, 0.1) is 0 Å². The molecule has 0 radical (unpaired) electrons. The minimum atomic E-state index is -1.70. The molecule has 0 fully saturated rings. The van der Waals surface area contributed by atoms with Crippen LogP contribution in [0.2, 0.25) is 0 Å². The number of ketones is 1. The van der Waals surface area contributed by atoms with E-state index in [1.165, 1.54) is 18.2 Å². The summed E-state index contributed by atoms with van der Waals surface area (Å²) in [5, 5.41) is 18.1. The molecule has 0 bridgehead atoms. The molecule has 1 aromatic carbocycles. The van der Waals surface area contributed by atoms with Crippen molar-refractivity contribution in [3.05, 3.63) is 29.3 Å². The summed E-state index contributed by atoms with van der Waals surface area (Å²) < 4.78 is 0. The normalized spacial score (nSPS) is 12.1. The number of nitrogen functional groups attached to an aromatic ring is 1. The molecular formula is C11H13NO4. The van der Waals surface area contributed by atoms with Crippen molar-refractivity contribution in [3.8, 4) is 0 Å². The van der Waals surface area contributed by atoms with Crippen molar-refractivity contribution in [2.24, 2.45) is 0 Å². The molecular weight excluding hydrogens is 210 g/mol. The van der Waals surface area contributed by atoms with Crippen molar-refractivity contribution in [2.45, 2.75) is 19.4 Å². The van der Waals surface area contributed by atoms with E-state index in [0.717, 1.165) is 0 Å². The molecule has 5 nitrogen and oxygen atoms in total. The summed E-state index contributed by atoms with van der Waals surface area (Å²) in [4.78, 5) is 22.2. The molecule has 4 N–H and O–H groups in total. The van der Waals surface area contributed by atoms with E-state index in [9.17, 15) is 14.7 Å². The highest BCUT2D eigenvalue weighted by atomic mass is 16.4. The number of anilines is 1. The Kier molecular flexibility index (Phi) is 3.63. The summed E-state index contributed by atoms with van der Waals surface area (Å²) >= 11 is 0. The molecule has 0 amide bonds. The first kappa shape index (κ1) is 12.2. The Morgan fingerprint density at radius 3 is 2.56 bits per heavy atom. The molecule has 5 heteroatoms. The van der Waals surface area contributed by atoms with E-state index in [2.05, 4.69) is 0 Å². The third kappa shape index (κ3) is 2.38. The predicted molar refractivity (Wildman–Crippen MR) is 58.1 cm³/mol. The van der Waals surface area contributed by atoms with Gasteiger partial charge in [0.15, 0.2) is 11.9 Å². The number of carboxylic acids is 1. The van der Waals surface area contributed by atoms with Crippen LogP contribution in [0.1, 0.15) is 35.4 Å². The van der Waals surface area contributed by atoms with Crippen LogP contribution in [-0.4, -0.2) is 22.0 Å². The Bertz CT molecular complexity index is 428. The number of aliphatic hydroxyl groups is 1. The molecule has 0 aliphatic rings. The maximum absolute atomic E-state index is 11.6. The number of carbonyl (C=O) groups excluding carboxylic acids is 1. The Morgan fingerprint density at radius 1 is 1.44 bits per heavy atom. The van der Waals surface area contributed by atoms with Gasteiger partial charge < -0.3 is 15.9 Å². The van der Waals surface area contributed by atoms with Crippen molar-refractivity contribution < 1.29 is 19.8 Å². The molecule has 0 saturated carbocycles. The summed E-state index contributed by atoms with van der Waals surface area (Å²) in [7, 11) is 0. The van der Waals surface area contributed by atoms with Crippen LogP contribution >= 0.6 is 0 Å². The van der Waals surface area contributed by atoms with Crippen molar-refractivity contribution in [2.75, 3.05) is 5.73 Å². The second-order valence-electron chi connectivity index (χ2n) is 3.36. The van der Waals surface area contributed by atoms with Gasteiger partial charge in [0.1, 0.15) is 0 Å². The Morgan fingerprint density at radius 2 is 2.06 bits per heavy atom. The van der Waals surface area contributed by atoms with Crippen LogP contribution in [0.5, 0.6) is 0 Å². The minimum absolute atomic E-state index is 0.0774. The summed E-state index contributed by atoms with van der Waals surface area (Å²) in [6.07, 6.45) is -1.48. The molecule has 0 aliphatic heterocycles. The van der Waals surface area contributed by atoms with Crippen molar-refractivity contribution in [1.29, 1.82) is 0 Å². The van der Waals surface area contributed by atoms with E-state index >= 15 is 0 Å². The predicted octanol–water partition coefficient (Wildman–Crippen LogP) is 0.980. The first-order valence-corrected chi connectivity index (χ1v) is 4.80. The molecule has 1 rings (SSSR count). The number of carboxylic acid groups (broad SMARTS) is 1. The molecule has 0 aromatic heterocycles. The van der Waals surface area contributed by atoms with E-state index in [1.54, 1.807) is 6.92 Å². The Labute approximate surface area is 92.5 Å². The van der Waals surface area contributed by atoms with E-state index in [1.807, 2.05) is 0 Å². The van der Waals surface area contributed by atoms with Gasteiger partial charge >= 0.3 is 5.97 Å². The van der Waals surface area contributed by atoms with Crippen LogP contribution in [-0.2, 0) is 4.79 Å². The lowest BCUT2D eigenvalue weighted by Crippen LogP contribution is -2.15. The van der Waals surface area contributed by atoms with Gasteiger partial charge in [-0.25, -0.2) is 4.79 Å². The fourth-order valence-corrected chi connectivity index (χ4v) is 1.38. The summed E-state index contributed by atoms with van der Waals surface area (Å²) in [6, 6.07) is 4.19. The maximum Gasteiger partial charge on any atom is 0.337 e.